The van der Waals surface area contributed by atoms with Crippen LogP contribution in [0.25, 0.3) is 10.8 Å². The number of aliphatic hydroxyl groups is 1. The highest BCUT2D eigenvalue weighted by molar-refractivity contribution is 5.83. The fourth-order valence-electron chi connectivity index (χ4n) is 2.33. The van der Waals surface area contributed by atoms with Gasteiger partial charge in [0, 0.05) is 6.61 Å². The molecule has 0 fully saturated rings. The first-order valence-electron chi connectivity index (χ1n) is 6.30. The molecule has 0 unspecified atom stereocenters. The number of hydrogen-bond acceptors (Lipinski definition) is 1. The van der Waals surface area contributed by atoms with Gasteiger partial charge in [-0.15, -0.1) is 0 Å². The normalized spacial score (nSPS) is 14.8. The molecule has 0 saturated heterocycles. The second-order valence-electron chi connectivity index (χ2n) is 5.03. The van der Waals surface area contributed by atoms with Crippen LogP contribution in [0, 0.1) is 5.92 Å². The van der Waals surface area contributed by atoms with Crippen LogP contribution in [0.5, 0.6) is 0 Å². The zero-order valence-corrected chi connectivity index (χ0v) is 10.6. The van der Waals surface area contributed by atoms with Crippen LogP contribution in [0.4, 0.5) is 0 Å². The Balaban J connectivity index is 2.23. The van der Waals surface area contributed by atoms with Gasteiger partial charge in [-0.05, 0) is 34.6 Å². The third kappa shape index (κ3) is 2.86. The highest BCUT2D eigenvalue weighted by Gasteiger charge is 2.10. The van der Waals surface area contributed by atoms with Crippen molar-refractivity contribution in [1.29, 1.82) is 0 Å². The van der Waals surface area contributed by atoms with Gasteiger partial charge in [-0.2, -0.15) is 0 Å². The molecule has 90 valence electrons. The Bertz CT molecular complexity index is 490. The van der Waals surface area contributed by atoms with Crippen molar-refractivity contribution in [2.75, 3.05) is 6.61 Å². The number of aliphatic hydroxyl groups excluding tert-OH is 1. The molecule has 0 heterocycles. The fourth-order valence-corrected chi connectivity index (χ4v) is 2.33. The van der Waals surface area contributed by atoms with Crippen LogP contribution in [-0.4, -0.2) is 11.7 Å². The van der Waals surface area contributed by atoms with E-state index in [9.17, 15) is 0 Å². The molecule has 0 aliphatic carbocycles. The van der Waals surface area contributed by atoms with Crippen molar-refractivity contribution in [2.24, 2.45) is 5.92 Å². The summed E-state index contributed by atoms with van der Waals surface area (Å²) in [6.45, 7) is 4.60. The van der Waals surface area contributed by atoms with Crippen molar-refractivity contribution < 1.29 is 5.11 Å². The van der Waals surface area contributed by atoms with Gasteiger partial charge in [0.25, 0.3) is 0 Å². The molecule has 2 aromatic rings. The van der Waals surface area contributed by atoms with Gasteiger partial charge in [0.05, 0.1) is 0 Å². The lowest BCUT2D eigenvalue weighted by atomic mass is 9.90. The van der Waals surface area contributed by atoms with Gasteiger partial charge in [0.2, 0.25) is 0 Å². The van der Waals surface area contributed by atoms with Crippen molar-refractivity contribution in [3.8, 4) is 0 Å². The first-order valence-corrected chi connectivity index (χ1v) is 6.30. The minimum absolute atomic E-state index is 0.276. The lowest BCUT2D eigenvalue weighted by Gasteiger charge is -2.16. The van der Waals surface area contributed by atoms with Gasteiger partial charge in [-0.1, -0.05) is 56.3 Å². The molecule has 0 saturated carbocycles. The van der Waals surface area contributed by atoms with E-state index in [1.807, 2.05) is 0 Å². The summed E-state index contributed by atoms with van der Waals surface area (Å²) in [5, 5.41) is 11.7. The highest BCUT2D eigenvalue weighted by atomic mass is 16.3. The maximum Gasteiger partial charge on any atom is 0.0456 e. The Kier molecular flexibility index (Phi) is 3.80. The van der Waals surface area contributed by atoms with Crippen molar-refractivity contribution in [3.63, 3.8) is 0 Å². The Morgan fingerprint density at radius 2 is 1.71 bits per heavy atom. The summed E-state index contributed by atoms with van der Waals surface area (Å²) >= 11 is 0. The lowest BCUT2D eigenvalue weighted by Crippen LogP contribution is -2.05. The van der Waals surface area contributed by atoms with E-state index in [2.05, 4.69) is 56.3 Å². The summed E-state index contributed by atoms with van der Waals surface area (Å²) in [6.07, 6.45) is 1.04. The molecule has 0 aliphatic rings. The topological polar surface area (TPSA) is 20.2 Å². The van der Waals surface area contributed by atoms with E-state index in [0.29, 0.717) is 11.8 Å². The summed E-state index contributed by atoms with van der Waals surface area (Å²) in [4.78, 5) is 0. The van der Waals surface area contributed by atoms with Gasteiger partial charge >= 0.3 is 0 Å². The van der Waals surface area contributed by atoms with Gasteiger partial charge in [0.15, 0.2) is 0 Å². The van der Waals surface area contributed by atoms with E-state index >= 15 is 0 Å². The maximum absolute atomic E-state index is 9.10. The molecule has 0 aliphatic heterocycles. The molecule has 0 spiro atoms. The molecule has 0 radical (unpaired) electrons. The molecule has 17 heavy (non-hydrogen) atoms. The summed E-state index contributed by atoms with van der Waals surface area (Å²) in [5.41, 5.74) is 1.36. The summed E-state index contributed by atoms with van der Waals surface area (Å²) in [6, 6.07) is 15.1. The molecule has 0 bridgehead atoms. The van der Waals surface area contributed by atoms with Gasteiger partial charge in [0.1, 0.15) is 0 Å². The smallest absolute Gasteiger partial charge is 0.0456 e. The Morgan fingerprint density at radius 3 is 2.41 bits per heavy atom. The van der Waals surface area contributed by atoms with Crippen LogP contribution in [0.15, 0.2) is 42.5 Å². The van der Waals surface area contributed by atoms with E-state index < -0.39 is 0 Å². The third-order valence-corrected chi connectivity index (χ3v) is 3.41. The molecule has 1 N–H and O–H groups in total. The standard InChI is InChI=1S/C16H20O/c1-12(11-17)9-13(2)15-8-7-14-5-3-4-6-16(14)10-15/h3-8,10,12-13,17H,9,11H2,1-2H3/t12-,13-/m0/s1. The number of fused-ring (bicyclic) bond motifs is 1. The van der Waals surface area contributed by atoms with Crippen molar-refractivity contribution in [3.05, 3.63) is 48.0 Å². The first-order chi connectivity index (χ1) is 8.20. The molecule has 0 aromatic heterocycles. The van der Waals surface area contributed by atoms with Crippen molar-refractivity contribution in [2.45, 2.75) is 26.2 Å². The minimum Gasteiger partial charge on any atom is -0.396 e. The van der Waals surface area contributed by atoms with Crippen LogP contribution >= 0.6 is 0 Å². The molecule has 2 rings (SSSR count). The summed E-state index contributed by atoms with van der Waals surface area (Å²) in [7, 11) is 0. The highest BCUT2D eigenvalue weighted by Crippen LogP contribution is 2.26. The second kappa shape index (κ2) is 5.33. The fraction of sp³-hybridized carbons (Fsp3) is 0.375. The number of benzene rings is 2. The lowest BCUT2D eigenvalue weighted by molar-refractivity contribution is 0.225. The van der Waals surface area contributed by atoms with Crippen molar-refractivity contribution >= 4 is 10.8 Å². The maximum atomic E-state index is 9.10. The van der Waals surface area contributed by atoms with Crippen LogP contribution in [0.1, 0.15) is 31.7 Å². The Morgan fingerprint density at radius 1 is 1.00 bits per heavy atom. The molecular formula is C16H20O. The van der Waals surface area contributed by atoms with E-state index in [4.69, 9.17) is 5.11 Å². The molecule has 2 aromatic carbocycles. The summed E-state index contributed by atoms with van der Waals surface area (Å²) in [5.74, 6) is 0.873. The number of rotatable bonds is 4. The van der Waals surface area contributed by atoms with Gasteiger partial charge < -0.3 is 5.11 Å². The van der Waals surface area contributed by atoms with Crippen LogP contribution in [-0.2, 0) is 0 Å². The molecule has 1 nitrogen and oxygen atoms in total. The minimum atomic E-state index is 0.276. The van der Waals surface area contributed by atoms with Crippen LogP contribution in [0.3, 0.4) is 0 Å². The van der Waals surface area contributed by atoms with Gasteiger partial charge in [-0.3, -0.25) is 0 Å². The van der Waals surface area contributed by atoms with Crippen LogP contribution in [0.2, 0.25) is 0 Å². The molecule has 1 heteroatoms. The molecule has 2 atom stereocenters. The first kappa shape index (κ1) is 12.1. The SMILES string of the molecule is C[C@H](CO)C[C@H](C)c1ccc2ccccc2c1. The average molecular weight is 228 g/mol. The third-order valence-electron chi connectivity index (χ3n) is 3.41. The largest absolute Gasteiger partial charge is 0.396 e. The van der Waals surface area contributed by atoms with E-state index in [1.54, 1.807) is 0 Å². The number of hydrogen-bond donors (Lipinski definition) is 1. The summed E-state index contributed by atoms with van der Waals surface area (Å²) < 4.78 is 0. The second-order valence-corrected chi connectivity index (χ2v) is 5.03. The zero-order valence-electron chi connectivity index (χ0n) is 10.6. The Labute approximate surface area is 103 Å². The van der Waals surface area contributed by atoms with E-state index in [-0.39, 0.29) is 6.61 Å². The predicted octanol–water partition coefficient (Wildman–Crippen LogP) is 3.96. The van der Waals surface area contributed by atoms with Crippen molar-refractivity contribution in [1.82, 2.24) is 0 Å². The monoisotopic (exact) mass is 228 g/mol. The molecule has 0 amide bonds. The molecular weight excluding hydrogens is 208 g/mol. The predicted molar refractivity (Wildman–Crippen MR) is 73.2 cm³/mol. The Hall–Kier alpha value is -1.34. The van der Waals surface area contributed by atoms with Crippen LogP contribution < -0.4 is 0 Å². The van der Waals surface area contributed by atoms with E-state index in [0.717, 1.165) is 6.42 Å². The average Bonchev–Trinajstić information content (AvgIpc) is 2.38. The van der Waals surface area contributed by atoms with Gasteiger partial charge in [-0.25, -0.2) is 0 Å². The quantitative estimate of drug-likeness (QED) is 0.839. The zero-order chi connectivity index (χ0) is 12.3. The van der Waals surface area contributed by atoms with E-state index in [1.165, 1.54) is 16.3 Å².